The van der Waals surface area contributed by atoms with Gasteiger partial charge in [-0.15, -0.1) is 0 Å². The summed E-state index contributed by atoms with van der Waals surface area (Å²) in [6.45, 7) is 30.9. The van der Waals surface area contributed by atoms with Crippen molar-refractivity contribution in [2.75, 3.05) is 40.0 Å². The molecule has 6 fully saturated rings. The average molecular weight is 953 g/mol. The van der Waals surface area contributed by atoms with Crippen LogP contribution in [0.3, 0.4) is 0 Å². The Labute approximate surface area is 399 Å². The Morgan fingerprint density at radius 2 is 0.940 bits per heavy atom. The van der Waals surface area contributed by atoms with Crippen LogP contribution in [-0.2, 0) is 76.2 Å². The fraction of sp³-hybridized carbons (Fsp3) is 0.824. The molecule has 6 rings (SSSR count). The van der Waals surface area contributed by atoms with E-state index < -0.39 is 46.4 Å². The molecule has 2 heterocycles. The van der Waals surface area contributed by atoms with Crippen LogP contribution in [-0.4, -0.2) is 99.6 Å². The molecule has 2 saturated heterocycles. The van der Waals surface area contributed by atoms with Gasteiger partial charge in [-0.1, -0.05) is 34.3 Å². The van der Waals surface area contributed by atoms with Crippen LogP contribution < -0.4 is 0 Å². The number of cyclic esters (lactones) is 2. The zero-order valence-corrected chi connectivity index (χ0v) is 43.2. The molecule has 0 N–H and O–H groups in total. The Kier molecular flexibility index (Phi) is 23.0. The van der Waals surface area contributed by atoms with Crippen molar-refractivity contribution in [3.8, 4) is 0 Å². The van der Waals surface area contributed by atoms with Gasteiger partial charge < -0.3 is 42.6 Å². The Morgan fingerprint density at radius 1 is 0.582 bits per heavy atom. The first-order chi connectivity index (χ1) is 31.1. The highest BCUT2D eigenvalue weighted by Gasteiger charge is 2.57. The molecule has 4 saturated carbocycles. The van der Waals surface area contributed by atoms with E-state index in [0.29, 0.717) is 57.2 Å². The normalized spacial score (nSPS) is 25.0. The number of ether oxygens (including phenoxy) is 9. The molecule has 384 valence electrons. The maximum Gasteiger partial charge on any atom is 0.347 e. The van der Waals surface area contributed by atoms with Gasteiger partial charge in [-0.2, -0.15) is 0 Å². The number of rotatable bonds is 19. The van der Waals surface area contributed by atoms with Crippen LogP contribution in [0, 0.1) is 45.3 Å². The third kappa shape index (κ3) is 17.8. The molecular formula is C51H84O16. The van der Waals surface area contributed by atoms with Gasteiger partial charge in [0, 0.05) is 18.4 Å². The van der Waals surface area contributed by atoms with E-state index in [2.05, 4.69) is 25.2 Å². The van der Waals surface area contributed by atoms with Gasteiger partial charge >= 0.3 is 41.8 Å². The van der Waals surface area contributed by atoms with E-state index in [1.165, 1.54) is 39.0 Å². The van der Waals surface area contributed by atoms with Crippen molar-refractivity contribution in [1.29, 1.82) is 0 Å². The van der Waals surface area contributed by atoms with Crippen molar-refractivity contribution in [1.82, 2.24) is 0 Å². The maximum atomic E-state index is 12.5. The van der Waals surface area contributed by atoms with E-state index >= 15 is 0 Å². The molecule has 2 aliphatic heterocycles. The first-order valence-electron chi connectivity index (χ1n) is 24.2. The molecular weight excluding hydrogens is 869 g/mol. The molecule has 6 aliphatic rings. The van der Waals surface area contributed by atoms with Crippen LogP contribution in [0.5, 0.6) is 0 Å². The van der Waals surface area contributed by atoms with Gasteiger partial charge in [0.25, 0.3) is 0 Å². The summed E-state index contributed by atoms with van der Waals surface area (Å²) >= 11 is 0. The van der Waals surface area contributed by atoms with Crippen LogP contribution in [0.2, 0.25) is 0 Å². The number of esters is 7. The molecule has 2 unspecified atom stereocenters. The highest BCUT2D eigenvalue weighted by molar-refractivity contribution is 5.89. The Bertz CT molecular complexity index is 1630. The number of hydrogen-bond acceptors (Lipinski definition) is 16. The highest BCUT2D eigenvalue weighted by atomic mass is 16.7. The topological polar surface area (TPSA) is 203 Å². The second-order valence-corrected chi connectivity index (χ2v) is 21.2. The number of hydrogen-bond donors (Lipinski definition) is 0. The minimum atomic E-state index is -0.728. The summed E-state index contributed by atoms with van der Waals surface area (Å²) in [5.74, 6) is 0.781. The molecule has 0 aromatic carbocycles. The van der Waals surface area contributed by atoms with Crippen LogP contribution >= 0.6 is 0 Å². The third-order valence-electron chi connectivity index (χ3n) is 14.4. The summed E-state index contributed by atoms with van der Waals surface area (Å²) in [5, 5.41) is 0. The Hall–Kier alpha value is -4.05. The summed E-state index contributed by atoms with van der Waals surface area (Å²) in [6, 6.07) is 0. The van der Waals surface area contributed by atoms with Crippen molar-refractivity contribution in [2.24, 2.45) is 45.3 Å². The lowest BCUT2D eigenvalue weighted by Gasteiger charge is -2.59. The van der Waals surface area contributed by atoms with Crippen LogP contribution in [0.1, 0.15) is 168 Å². The van der Waals surface area contributed by atoms with Gasteiger partial charge in [0.2, 0.25) is 12.2 Å². The lowest BCUT2D eigenvalue weighted by Crippen LogP contribution is -2.58. The smallest absolute Gasteiger partial charge is 0.347 e. The van der Waals surface area contributed by atoms with Gasteiger partial charge in [0.15, 0.2) is 13.6 Å². The molecule has 0 aromatic heterocycles. The van der Waals surface area contributed by atoms with E-state index in [-0.39, 0.29) is 67.3 Å². The Morgan fingerprint density at radius 3 is 1.28 bits per heavy atom. The predicted octanol–water partition coefficient (Wildman–Crippen LogP) is 8.78. The molecule has 0 amide bonds. The molecule has 4 aliphatic carbocycles. The third-order valence-corrected chi connectivity index (χ3v) is 14.4. The summed E-state index contributed by atoms with van der Waals surface area (Å²) in [6.07, 6.45) is 9.07. The standard InChI is InChI=1S/C17H28O2.C16H30O6.C10H16O4.C8H10O4/c1-5-16(2,3)15(18)19-17(4)13-7-11-6-12(9-13)10-14(17)8-11;1-7-15(3,4)13(17)21-11-19-9-10-20-12-22-14(18)16(5,6)8-2;1-4-10(2,3)9(12)14-7-5-6-13-8(7)11;1-5(2)7(9)12-6-3-4-11-8(6)10/h11-14H,5-10H2,1-4H3;7-12H2,1-6H3;7H,4-6H2,1-3H3;6H,1,3-4H2,2H3. The zero-order valence-electron chi connectivity index (χ0n) is 43.2. The number of carbonyl (C=O) groups is 7. The van der Waals surface area contributed by atoms with E-state index in [1.807, 2.05) is 62.3 Å². The molecule has 67 heavy (non-hydrogen) atoms. The fourth-order valence-electron chi connectivity index (χ4n) is 7.71. The maximum absolute atomic E-state index is 12.5. The van der Waals surface area contributed by atoms with Gasteiger partial charge in [-0.3, -0.25) is 19.2 Å². The minimum Gasteiger partial charge on any atom is -0.463 e. The summed E-state index contributed by atoms with van der Waals surface area (Å²) in [5.41, 5.74) is -1.74. The fourth-order valence-corrected chi connectivity index (χ4v) is 7.71. The largest absolute Gasteiger partial charge is 0.463 e. The van der Waals surface area contributed by atoms with Crippen molar-refractivity contribution >= 4 is 41.8 Å². The average Bonchev–Trinajstić information content (AvgIpc) is 3.89. The minimum absolute atomic E-state index is 0.0185. The highest BCUT2D eigenvalue weighted by Crippen LogP contribution is 2.59. The van der Waals surface area contributed by atoms with E-state index in [0.717, 1.165) is 18.3 Å². The second-order valence-electron chi connectivity index (χ2n) is 21.2. The van der Waals surface area contributed by atoms with Crippen molar-refractivity contribution < 1.29 is 76.2 Å². The summed E-state index contributed by atoms with van der Waals surface area (Å²) in [4.78, 5) is 80.1. The molecule has 16 heteroatoms. The summed E-state index contributed by atoms with van der Waals surface area (Å²) in [7, 11) is 0. The van der Waals surface area contributed by atoms with E-state index in [1.54, 1.807) is 13.8 Å². The lowest BCUT2D eigenvalue weighted by atomic mass is 9.50. The van der Waals surface area contributed by atoms with Gasteiger partial charge in [0.1, 0.15) is 5.60 Å². The molecule has 16 nitrogen and oxygen atoms in total. The molecule has 2 atom stereocenters. The first kappa shape index (κ1) is 59.1. The molecule has 0 aromatic rings. The van der Waals surface area contributed by atoms with Crippen molar-refractivity contribution in [2.45, 2.75) is 185 Å². The zero-order chi connectivity index (χ0) is 51.0. The lowest BCUT2D eigenvalue weighted by molar-refractivity contribution is -0.211. The monoisotopic (exact) mass is 953 g/mol. The quantitative estimate of drug-likeness (QED) is 0.0390. The van der Waals surface area contributed by atoms with E-state index in [9.17, 15) is 33.6 Å². The van der Waals surface area contributed by atoms with Crippen molar-refractivity contribution in [3.63, 3.8) is 0 Å². The first-order valence-corrected chi connectivity index (χ1v) is 24.2. The second kappa shape index (κ2) is 26.1. The van der Waals surface area contributed by atoms with Gasteiger partial charge in [-0.05, 0) is 151 Å². The predicted molar refractivity (Wildman–Crippen MR) is 247 cm³/mol. The van der Waals surface area contributed by atoms with Crippen LogP contribution in [0.15, 0.2) is 12.2 Å². The van der Waals surface area contributed by atoms with Gasteiger partial charge in [-0.25, -0.2) is 14.4 Å². The van der Waals surface area contributed by atoms with Crippen LogP contribution in [0.25, 0.3) is 0 Å². The van der Waals surface area contributed by atoms with Crippen LogP contribution in [0.4, 0.5) is 0 Å². The molecule has 0 radical (unpaired) electrons. The molecule has 4 bridgehead atoms. The molecule has 0 spiro atoms. The Balaban J connectivity index is 0.000000314. The number of carbonyl (C=O) groups excluding carboxylic acids is 7. The SMILES string of the molecule is C=C(C)C(=O)OC1CCOC1=O.CCC(C)(C)C(=O)OC1(C)C2CC3CC(C2)CC1C3.CCC(C)(C)C(=O)OC1CCOC1=O.CCC(C)(C)C(=O)OCOCCOCOC(=O)C(C)(C)CC. The van der Waals surface area contributed by atoms with Gasteiger partial charge in [0.05, 0.1) is 48.1 Å². The summed E-state index contributed by atoms with van der Waals surface area (Å²) < 4.78 is 45.5. The van der Waals surface area contributed by atoms with Crippen molar-refractivity contribution in [3.05, 3.63) is 12.2 Å². The van der Waals surface area contributed by atoms with E-state index in [4.69, 9.17) is 37.9 Å².